The summed E-state index contributed by atoms with van der Waals surface area (Å²) in [5, 5.41) is 4.32. The highest BCUT2D eigenvalue weighted by atomic mass is 79.9. The molecular formula is C17H13BrCl2N2OS. The molecule has 1 N–H and O–H groups in total. The quantitative estimate of drug-likeness (QED) is 0.669. The van der Waals surface area contributed by atoms with Crippen molar-refractivity contribution in [2.24, 2.45) is 4.99 Å². The predicted molar refractivity (Wildman–Crippen MR) is 106 cm³/mol. The average Bonchev–Trinajstić information content (AvgIpc) is 2.77. The lowest BCUT2D eigenvalue weighted by Crippen LogP contribution is -2.35. The zero-order valence-corrected chi connectivity index (χ0v) is 16.6. The first-order valence-electron chi connectivity index (χ1n) is 7.14. The minimum atomic E-state index is -0.601. The number of nitrogens with zero attached hydrogens (tertiary/aromatic N) is 1. The van der Waals surface area contributed by atoms with Crippen molar-refractivity contribution in [3.05, 3.63) is 62.5 Å². The Morgan fingerprint density at radius 3 is 2.71 bits per heavy atom. The molecule has 1 unspecified atom stereocenters. The van der Waals surface area contributed by atoms with Gasteiger partial charge in [-0.05, 0) is 49.2 Å². The molecule has 1 saturated heterocycles. The Kier molecular flexibility index (Phi) is 5.25. The van der Waals surface area contributed by atoms with Crippen LogP contribution in [0.1, 0.15) is 12.5 Å². The highest BCUT2D eigenvalue weighted by molar-refractivity contribution is 9.10. The third kappa shape index (κ3) is 3.97. The number of rotatable bonds is 3. The van der Waals surface area contributed by atoms with Gasteiger partial charge in [0.2, 0.25) is 5.91 Å². The van der Waals surface area contributed by atoms with Gasteiger partial charge in [-0.25, -0.2) is 4.99 Å². The van der Waals surface area contributed by atoms with Crippen molar-refractivity contribution in [1.29, 1.82) is 0 Å². The van der Waals surface area contributed by atoms with Crippen LogP contribution in [0.5, 0.6) is 0 Å². The Labute approximate surface area is 163 Å². The molecule has 1 atom stereocenters. The van der Waals surface area contributed by atoms with Gasteiger partial charge in [0, 0.05) is 4.47 Å². The second kappa shape index (κ2) is 7.08. The largest absolute Gasteiger partial charge is 0.304 e. The van der Waals surface area contributed by atoms with Crippen molar-refractivity contribution in [3.63, 3.8) is 0 Å². The van der Waals surface area contributed by atoms with E-state index in [9.17, 15) is 4.79 Å². The van der Waals surface area contributed by atoms with Gasteiger partial charge in [-0.3, -0.25) is 4.79 Å². The Morgan fingerprint density at radius 1 is 1.21 bits per heavy atom. The van der Waals surface area contributed by atoms with Crippen LogP contribution in [-0.4, -0.2) is 15.8 Å². The van der Waals surface area contributed by atoms with Crippen molar-refractivity contribution < 1.29 is 4.79 Å². The van der Waals surface area contributed by atoms with E-state index in [0.717, 1.165) is 10.0 Å². The number of hydrogen-bond acceptors (Lipinski definition) is 3. The summed E-state index contributed by atoms with van der Waals surface area (Å²) in [6.45, 7) is 1.92. The van der Waals surface area contributed by atoms with E-state index >= 15 is 0 Å². The predicted octanol–water partition coefficient (Wildman–Crippen LogP) is 5.61. The van der Waals surface area contributed by atoms with Gasteiger partial charge in [0.25, 0.3) is 0 Å². The monoisotopic (exact) mass is 442 g/mol. The average molecular weight is 444 g/mol. The number of benzene rings is 2. The number of amides is 1. The summed E-state index contributed by atoms with van der Waals surface area (Å²) in [6.07, 6.45) is 0.614. The third-order valence-corrected chi connectivity index (χ3v) is 5.99. The van der Waals surface area contributed by atoms with E-state index < -0.39 is 4.75 Å². The second-order valence-corrected chi connectivity index (χ2v) is 8.83. The summed E-state index contributed by atoms with van der Waals surface area (Å²) >= 11 is 16.8. The highest BCUT2D eigenvalue weighted by Gasteiger charge is 2.42. The molecular weight excluding hydrogens is 431 g/mol. The molecule has 1 heterocycles. The molecule has 1 aliphatic heterocycles. The number of thioether (sulfide) groups is 1. The maximum absolute atomic E-state index is 12.4. The van der Waals surface area contributed by atoms with Crippen LogP contribution in [-0.2, 0) is 11.2 Å². The van der Waals surface area contributed by atoms with Crippen molar-refractivity contribution in [3.8, 4) is 0 Å². The summed E-state index contributed by atoms with van der Waals surface area (Å²) < 4.78 is 0.396. The van der Waals surface area contributed by atoms with E-state index in [-0.39, 0.29) is 5.91 Å². The van der Waals surface area contributed by atoms with Gasteiger partial charge in [-0.15, -0.1) is 0 Å². The van der Waals surface area contributed by atoms with Gasteiger partial charge in [-0.1, -0.05) is 63.0 Å². The van der Waals surface area contributed by atoms with E-state index in [1.165, 1.54) is 11.8 Å². The van der Waals surface area contributed by atoms with Gasteiger partial charge in [0.15, 0.2) is 5.17 Å². The minimum absolute atomic E-state index is 0.0497. The van der Waals surface area contributed by atoms with E-state index in [4.69, 9.17) is 23.2 Å². The topological polar surface area (TPSA) is 41.5 Å². The van der Waals surface area contributed by atoms with Crippen molar-refractivity contribution >= 4 is 67.7 Å². The molecule has 2 aromatic rings. The highest BCUT2D eigenvalue weighted by Crippen LogP contribution is 2.37. The fourth-order valence-corrected chi connectivity index (χ4v) is 4.23. The zero-order valence-electron chi connectivity index (χ0n) is 12.6. The van der Waals surface area contributed by atoms with Gasteiger partial charge >= 0.3 is 0 Å². The van der Waals surface area contributed by atoms with E-state index in [1.54, 1.807) is 18.2 Å². The SMILES string of the molecule is CC1(Cc2cccc(Br)c2)SC(=Nc2ccc(Cl)c(Cl)c2)NC1=O. The van der Waals surface area contributed by atoms with Gasteiger partial charge in [0.1, 0.15) is 4.75 Å². The van der Waals surface area contributed by atoms with Crippen molar-refractivity contribution in [2.75, 3.05) is 0 Å². The molecule has 1 fully saturated rings. The number of amidine groups is 1. The summed E-state index contributed by atoms with van der Waals surface area (Å²) in [7, 11) is 0. The molecule has 2 aromatic carbocycles. The molecule has 3 rings (SSSR count). The Bertz CT molecular complexity index is 843. The molecule has 0 radical (unpaired) electrons. The molecule has 124 valence electrons. The lowest BCUT2D eigenvalue weighted by atomic mass is 9.99. The molecule has 0 bridgehead atoms. The maximum atomic E-state index is 12.4. The first kappa shape index (κ1) is 17.8. The number of carbonyl (C=O) groups is 1. The first-order chi connectivity index (χ1) is 11.4. The number of aliphatic imine (C=N–C) groups is 1. The summed E-state index contributed by atoms with van der Waals surface area (Å²) in [5.74, 6) is -0.0497. The summed E-state index contributed by atoms with van der Waals surface area (Å²) in [4.78, 5) is 16.9. The number of halogens is 3. The number of nitrogens with one attached hydrogen (secondary N) is 1. The Hall–Kier alpha value is -1.01. The molecule has 0 aliphatic carbocycles. The molecule has 0 saturated carbocycles. The van der Waals surface area contributed by atoms with Crippen molar-refractivity contribution in [2.45, 2.75) is 18.1 Å². The van der Waals surface area contributed by atoms with E-state index in [0.29, 0.717) is 27.3 Å². The molecule has 0 aromatic heterocycles. The van der Waals surface area contributed by atoms with Crippen LogP contribution in [0.3, 0.4) is 0 Å². The van der Waals surface area contributed by atoms with E-state index in [2.05, 4.69) is 26.2 Å². The van der Waals surface area contributed by atoms with Crippen LogP contribution < -0.4 is 5.32 Å². The first-order valence-corrected chi connectivity index (χ1v) is 9.51. The summed E-state index contributed by atoms with van der Waals surface area (Å²) in [6, 6.07) is 13.1. The van der Waals surface area contributed by atoms with Crippen LogP contribution in [0.25, 0.3) is 0 Å². The van der Waals surface area contributed by atoms with Gasteiger partial charge in [0.05, 0.1) is 15.7 Å². The zero-order chi connectivity index (χ0) is 17.3. The number of hydrogen-bond donors (Lipinski definition) is 1. The molecule has 1 amide bonds. The van der Waals surface area contributed by atoms with Gasteiger partial charge in [-0.2, -0.15) is 0 Å². The lowest BCUT2D eigenvalue weighted by Gasteiger charge is -2.18. The molecule has 3 nitrogen and oxygen atoms in total. The van der Waals surface area contributed by atoms with Crippen molar-refractivity contribution in [1.82, 2.24) is 5.32 Å². The number of carbonyl (C=O) groups excluding carboxylic acids is 1. The maximum Gasteiger partial charge on any atom is 0.242 e. The van der Waals surface area contributed by atoms with Crippen LogP contribution in [0.2, 0.25) is 10.0 Å². The lowest BCUT2D eigenvalue weighted by molar-refractivity contribution is -0.121. The van der Waals surface area contributed by atoms with Crippen LogP contribution in [0.4, 0.5) is 5.69 Å². The smallest absolute Gasteiger partial charge is 0.242 e. The molecule has 24 heavy (non-hydrogen) atoms. The molecule has 7 heteroatoms. The van der Waals surface area contributed by atoms with Gasteiger partial charge < -0.3 is 5.32 Å². The normalized spacial score (nSPS) is 22.0. The fourth-order valence-electron chi connectivity index (χ4n) is 2.39. The Morgan fingerprint density at radius 2 is 2.00 bits per heavy atom. The van der Waals surface area contributed by atoms with Crippen LogP contribution in [0.15, 0.2) is 51.9 Å². The van der Waals surface area contributed by atoms with E-state index in [1.807, 2.05) is 31.2 Å². The third-order valence-electron chi connectivity index (χ3n) is 3.59. The van der Waals surface area contributed by atoms with Crippen LogP contribution >= 0.6 is 50.9 Å². The summed E-state index contributed by atoms with van der Waals surface area (Å²) in [5.41, 5.74) is 1.74. The fraction of sp³-hybridized carbons (Fsp3) is 0.176. The molecule has 1 aliphatic rings. The minimum Gasteiger partial charge on any atom is -0.304 e. The second-order valence-electron chi connectivity index (χ2n) is 5.61. The van der Waals surface area contributed by atoms with Crippen LogP contribution in [0, 0.1) is 0 Å². The Balaban J connectivity index is 1.81. The molecule has 0 spiro atoms. The standard InChI is InChI=1S/C17H13BrCl2N2OS/c1-17(9-10-3-2-4-11(18)7-10)15(23)22-16(24-17)21-12-5-6-13(19)14(20)8-12/h2-8H,9H2,1H3,(H,21,22,23).